The summed E-state index contributed by atoms with van der Waals surface area (Å²) in [7, 11) is 4.05. The van der Waals surface area contributed by atoms with Gasteiger partial charge in [0.1, 0.15) is 5.76 Å². The number of nitrogens with one attached hydrogen (secondary N) is 2. The van der Waals surface area contributed by atoms with Crippen LogP contribution in [-0.4, -0.2) is 30.7 Å². The van der Waals surface area contributed by atoms with Crippen LogP contribution in [0.3, 0.4) is 0 Å². The van der Waals surface area contributed by atoms with Gasteiger partial charge in [-0.25, -0.2) is 0 Å². The summed E-state index contributed by atoms with van der Waals surface area (Å²) >= 11 is 5.40. The van der Waals surface area contributed by atoms with E-state index >= 15 is 0 Å². The summed E-state index contributed by atoms with van der Waals surface area (Å²) in [5.74, 6) is 0.923. The van der Waals surface area contributed by atoms with Gasteiger partial charge in [-0.2, -0.15) is 0 Å². The Morgan fingerprint density at radius 1 is 1.23 bits per heavy atom. The second-order valence-corrected chi connectivity index (χ2v) is 5.99. The maximum atomic E-state index is 5.50. The van der Waals surface area contributed by atoms with Crippen LogP contribution in [0.1, 0.15) is 22.9 Å². The van der Waals surface area contributed by atoms with Crippen molar-refractivity contribution in [3.8, 4) is 0 Å². The molecule has 2 rings (SSSR count). The average molecular weight is 317 g/mol. The summed E-state index contributed by atoms with van der Waals surface area (Å²) in [5.41, 5.74) is 3.49. The van der Waals surface area contributed by atoms with E-state index in [0.29, 0.717) is 11.7 Å². The predicted molar refractivity (Wildman–Crippen MR) is 95.3 cm³/mol. The lowest BCUT2D eigenvalue weighted by atomic mass is 10.1. The lowest BCUT2D eigenvalue weighted by molar-refractivity contribution is 0.259. The molecule has 0 bridgehead atoms. The van der Waals surface area contributed by atoms with Gasteiger partial charge < -0.3 is 15.1 Å². The van der Waals surface area contributed by atoms with E-state index in [-0.39, 0.29) is 6.04 Å². The minimum absolute atomic E-state index is 0.133. The molecule has 1 atom stereocenters. The van der Waals surface area contributed by atoms with Crippen LogP contribution in [0.2, 0.25) is 0 Å². The van der Waals surface area contributed by atoms with Gasteiger partial charge >= 0.3 is 0 Å². The van der Waals surface area contributed by atoms with E-state index in [2.05, 4.69) is 35.4 Å². The number of anilines is 1. The number of benzene rings is 1. The largest absolute Gasteiger partial charge is 0.468 e. The number of hydrogen-bond acceptors (Lipinski definition) is 3. The van der Waals surface area contributed by atoms with Crippen LogP contribution in [-0.2, 0) is 0 Å². The molecule has 0 saturated heterocycles. The third-order valence-corrected chi connectivity index (χ3v) is 4.05. The SMILES string of the molecule is Cc1cccc(NC(=S)NC[C@@H](c2ccco2)N(C)C)c1C. The van der Waals surface area contributed by atoms with Crippen molar-refractivity contribution in [1.82, 2.24) is 10.2 Å². The molecule has 0 fully saturated rings. The van der Waals surface area contributed by atoms with Crippen LogP contribution in [0.15, 0.2) is 41.0 Å². The van der Waals surface area contributed by atoms with E-state index in [9.17, 15) is 0 Å². The van der Waals surface area contributed by atoms with E-state index in [4.69, 9.17) is 16.6 Å². The first-order valence-electron chi connectivity index (χ1n) is 7.30. The van der Waals surface area contributed by atoms with Crippen molar-refractivity contribution in [3.05, 3.63) is 53.5 Å². The van der Waals surface area contributed by atoms with E-state index in [0.717, 1.165) is 11.4 Å². The number of thiocarbonyl (C=S) groups is 1. The third kappa shape index (κ3) is 4.08. The Labute approximate surface area is 137 Å². The summed E-state index contributed by atoms with van der Waals surface area (Å²) < 4.78 is 5.50. The minimum atomic E-state index is 0.133. The van der Waals surface area contributed by atoms with Gasteiger partial charge in [-0.05, 0) is 69.5 Å². The van der Waals surface area contributed by atoms with Crippen molar-refractivity contribution in [3.63, 3.8) is 0 Å². The number of aryl methyl sites for hydroxylation is 1. The van der Waals surface area contributed by atoms with Crippen molar-refractivity contribution in [2.75, 3.05) is 26.0 Å². The zero-order valence-electron chi connectivity index (χ0n) is 13.5. The first-order chi connectivity index (χ1) is 10.5. The van der Waals surface area contributed by atoms with Crippen LogP contribution < -0.4 is 10.6 Å². The van der Waals surface area contributed by atoms with Crippen LogP contribution in [0, 0.1) is 13.8 Å². The highest BCUT2D eigenvalue weighted by molar-refractivity contribution is 7.80. The molecule has 0 unspecified atom stereocenters. The minimum Gasteiger partial charge on any atom is -0.468 e. The lowest BCUT2D eigenvalue weighted by Crippen LogP contribution is -2.36. The maximum absolute atomic E-state index is 5.50. The van der Waals surface area contributed by atoms with E-state index in [1.807, 2.05) is 38.4 Å². The van der Waals surface area contributed by atoms with Crippen LogP contribution in [0.5, 0.6) is 0 Å². The lowest BCUT2D eigenvalue weighted by Gasteiger charge is -2.23. The molecule has 2 N–H and O–H groups in total. The Morgan fingerprint density at radius 2 is 2.00 bits per heavy atom. The maximum Gasteiger partial charge on any atom is 0.170 e. The molecule has 0 radical (unpaired) electrons. The molecule has 0 aliphatic carbocycles. The molecular formula is C17H23N3OS. The molecule has 1 heterocycles. The molecule has 1 aromatic carbocycles. The fourth-order valence-corrected chi connectivity index (χ4v) is 2.45. The second-order valence-electron chi connectivity index (χ2n) is 5.58. The Morgan fingerprint density at radius 3 is 2.64 bits per heavy atom. The number of likely N-dealkylation sites (N-methyl/N-ethyl adjacent to an activating group) is 1. The van der Waals surface area contributed by atoms with Crippen molar-refractivity contribution in [2.24, 2.45) is 0 Å². The zero-order chi connectivity index (χ0) is 16.1. The van der Waals surface area contributed by atoms with Gasteiger partial charge in [-0.15, -0.1) is 0 Å². The Hall–Kier alpha value is -1.85. The molecule has 0 aliphatic rings. The van der Waals surface area contributed by atoms with Gasteiger partial charge in [0.25, 0.3) is 0 Å². The Bertz CT molecular complexity index is 623. The molecule has 2 aromatic rings. The summed E-state index contributed by atoms with van der Waals surface area (Å²) in [4.78, 5) is 2.10. The predicted octanol–water partition coefficient (Wildman–Crippen LogP) is 3.49. The normalized spacial score (nSPS) is 12.2. The van der Waals surface area contributed by atoms with Crippen molar-refractivity contribution in [2.45, 2.75) is 19.9 Å². The molecule has 118 valence electrons. The average Bonchev–Trinajstić information content (AvgIpc) is 2.98. The molecule has 0 amide bonds. The van der Waals surface area contributed by atoms with Gasteiger partial charge in [0.2, 0.25) is 0 Å². The quantitative estimate of drug-likeness (QED) is 0.826. The standard InChI is InChI=1S/C17H23N3OS/c1-12-7-5-8-14(13(12)2)19-17(22)18-11-15(20(3)4)16-9-6-10-21-16/h5-10,15H,11H2,1-4H3,(H2,18,19,22)/t15-/m0/s1. The van der Waals surface area contributed by atoms with E-state index in [1.165, 1.54) is 11.1 Å². The van der Waals surface area contributed by atoms with Crippen LogP contribution >= 0.6 is 12.2 Å². The molecule has 5 heteroatoms. The number of furan rings is 1. The van der Waals surface area contributed by atoms with Crippen molar-refractivity contribution < 1.29 is 4.42 Å². The highest BCUT2D eigenvalue weighted by atomic mass is 32.1. The van der Waals surface area contributed by atoms with Crippen molar-refractivity contribution >= 4 is 23.0 Å². The molecule has 22 heavy (non-hydrogen) atoms. The Kier molecular flexibility index (Phi) is 5.57. The first-order valence-corrected chi connectivity index (χ1v) is 7.70. The fourth-order valence-electron chi connectivity index (χ4n) is 2.26. The van der Waals surface area contributed by atoms with Gasteiger partial charge in [-0.3, -0.25) is 4.90 Å². The van der Waals surface area contributed by atoms with Crippen molar-refractivity contribution in [1.29, 1.82) is 0 Å². The second kappa shape index (κ2) is 7.42. The molecular weight excluding hydrogens is 294 g/mol. The van der Waals surface area contributed by atoms with Gasteiger partial charge in [0.15, 0.2) is 5.11 Å². The molecule has 0 saturated carbocycles. The fraction of sp³-hybridized carbons (Fsp3) is 0.353. The first kappa shape index (κ1) is 16.5. The smallest absolute Gasteiger partial charge is 0.170 e. The van der Waals surface area contributed by atoms with E-state index < -0.39 is 0 Å². The van der Waals surface area contributed by atoms with E-state index in [1.54, 1.807) is 6.26 Å². The topological polar surface area (TPSA) is 40.4 Å². The third-order valence-electron chi connectivity index (χ3n) is 3.80. The zero-order valence-corrected chi connectivity index (χ0v) is 14.3. The Balaban J connectivity index is 1.96. The number of hydrogen-bond donors (Lipinski definition) is 2. The van der Waals surface area contributed by atoms with Gasteiger partial charge in [-0.1, -0.05) is 12.1 Å². The monoisotopic (exact) mass is 317 g/mol. The summed E-state index contributed by atoms with van der Waals surface area (Å²) in [6.45, 7) is 4.86. The summed E-state index contributed by atoms with van der Waals surface area (Å²) in [6, 6.07) is 10.2. The molecule has 1 aromatic heterocycles. The number of rotatable bonds is 5. The molecule has 4 nitrogen and oxygen atoms in total. The highest BCUT2D eigenvalue weighted by Gasteiger charge is 2.17. The van der Waals surface area contributed by atoms with Gasteiger partial charge in [0.05, 0.1) is 12.3 Å². The summed E-state index contributed by atoms with van der Waals surface area (Å²) in [6.07, 6.45) is 1.69. The van der Waals surface area contributed by atoms with Crippen LogP contribution in [0.4, 0.5) is 5.69 Å². The summed E-state index contributed by atoms with van der Waals surface area (Å²) in [5, 5.41) is 7.15. The number of nitrogens with zero attached hydrogens (tertiary/aromatic N) is 1. The van der Waals surface area contributed by atoms with Crippen LogP contribution in [0.25, 0.3) is 0 Å². The molecule has 0 spiro atoms. The van der Waals surface area contributed by atoms with Gasteiger partial charge in [0, 0.05) is 12.2 Å². The highest BCUT2D eigenvalue weighted by Crippen LogP contribution is 2.19. The molecule has 0 aliphatic heterocycles.